The van der Waals surface area contributed by atoms with Crippen LogP contribution in [0.3, 0.4) is 0 Å². The van der Waals surface area contributed by atoms with Crippen LogP contribution in [0, 0.1) is 11.3 Å². The quantitative estimate of drug-likeness (QED) is 0.754. The van der Waals surface area contributed by atoms with E-state index in [0.717, 1.165) is 17.2 Å². The molecule has 2 nitrogen and oxygen atoms in total. The maximum absolute atomic E-state index is 5.73. The van der Waals surface area contributed by atoms with Crippen molar-refractivity contribution >= 4 is 16.9 Å². The van der Waals surface area contributed by atoms with E-state index in [2.05, 4.69) is 44.0 Å². The topological polar surface area (TPSA) is 22.1 Å². The number of ether oxygens (including phenoxy) is 1. The lowest BCUT2D eigenvalue weighted by atomic mass is 9.81. The summed E-state index contributed by atoms with van der Waals surface area (Å²) in [5.41, 5.74) is 4.90. The molecule has 1 atom stereocenters. The summed E-state index contributed by atoms with van der Waals surface area (Å²) in [6.07, 6.45) is 5.28. The third-order valence-corrected chi connectivity index (χ3v) is 4.83. The molecule has 0 aliphatic heterocycles. The van der Waals surface area contributed by atoms with Gasteiger partial charge in [0.25, 0.3) is 0 Å². The standard InChI is InChI=1S/C17H19NOS/c1-12-8-14(9-17(12,2)3)13-4-6-15(7-5-13)19-16-10-18-11-20-16/h4-8,10-12H,9H2,1-3H3. The number of benzene rings is 1. The Kier molecular flexibility index (Phi) is 3.38. The Morgan fingerprint density at radius 1 is 1.25 bits per heavy atom. The molecule has 3 rings (SSSR count). The molecule has 0 radical (unpaired) electrons. The van der Waals surface area contributed by atoms with Gasteiger partial charge in [0.1, 0.15) is 5.75 Å². The Morgan fingerprint density at radius 2 is 2.00 bits per heavy atom. The fourth-order valence-corrected chi connectivity index (χ4v) is 3.04. The molecule has 0 bridgehead atoms. The van der Waals surface area contributed by atoms with Crippen molar-refractivity contribution in [1.29, 1.82) is 0 Å². The molecule has 1 heterocycles. The molecule has 0 fully saturated rings. The highest BCUT2D eigenvalue weighted by Crippen LogP contribution is 2.45. The third kappa shape index (κ3) is 2.63. The Labute approximate surface area is 124 Å². The van der Waals surface area contributed by atoms with E-state index in [1.54, 1.807) is 11.7 Å². The molecule has 3 heteroatoms. The zero-order valence-electron chi connectivity index (χ0n) is 12.1. The zero-order valence-corrected chi connectivity index (χ0v) is 12.9. The molecule has 2 aromatic rings. The molecule has 1 aromatic carbocycles. The maximum Gasteiger partial charge on any atom is 0.200 e. The number of nitrogens with zero attached hydrogens (tertiary/aromatic N) is 1. The van der Waals surface area contributed by atoms with Gasteiger partial charge in [-0.2, -0.15) is 0 Å². The number of allylic oxidation sites excluding steroid dienone is 2. The second-order valence-electron chi connectivity index (χ2n) is 6.09. The van der Waals surface area contributed by atoms with Crippen LogP contribution >= 0.6 is 11.3 Å². The van der Waals surface area contributed by atoms with Crippen molar-refractivity contribution in [2.45, 2.75) is 27.2 Å². The van der Waals surface area contributed by atoms with Gasteiger partial charge in [0, 0.05) is 0 Å². The molecular formula is C17H19NOS. The average molecular weight is 285 g/mol. The monoisotopic (exact) mass is 285 g/mol. The lowest BCUT2D eigenvalue weighted by molar-refractivity contribution is 0.306. The molecule has 0 amide bonds. The summed E-state index contributed by atoms with van der Waals surface area (Å²) in [6.45, 7) is 6.97. The Balaban J connectivity index is 1.76. The molecule has 0 spiro atoms. The Bertz CT molecular complexity index is 611. The minimum Gasteiger partial charge on any atom is -0.445 e. The molecule has 104 valence electrons. The van der Waals surface area contributed by atoms with Crippen molar-refractivity contribution in [1.82, 2.24) is 4.98 Å². The minimum atomic E-state index is 0.368. The van der Waals surface area contributed by atoms with Crippen molar-refractivity contribution in [3.63, 3.8) is 0 Å². The zero-order chi connectivity index (χ0) is 14.2. The van der Waals surface area contributed by atoms with E-state index in [4.69, 9.17) is 4.74 Å². The van der Waals surface area contributed by atoms with Crippen LogP contribution in [0.2, 0.25) is 0 Å². The van der Waals surface area contributed by atoms with Crippen LogP contribution in [-0.2, 0) is 0 Å². The Morgan fingerprint density at radius 3 is 2.55 bits per heavy atom. The normalized spacial score (nSPS) is 20.8. The van der Waals surface area contributed by atoms with Crippen molar-refractivity contribution in [2.75, 3.05) is 0 Å². The highest BCUT2D eigenvalue weighted by Gasteiger charge is 2.31. The first-order valence-electron chi connectivity index (χ1n) is 6.92. The fraction of sp³-hybridized carbons (Fsp3) is 0.353. The van der Waals surface area contributed by atoms with E-state index >= 15 is 0 Å². The summed E-state index contributed by atoms with van der Waals surface area (Å²) in [6, 6.07) is 8.37. The van der Waals surface area contributed by atoms with E-state index in [-0.39, 0.29) is 0 Å². The van der Waals surface area contributed by atoms with E-state index in [1.807, 2.05) is 12.1 Å². The van der Waals surface area contributed by atoms with Crippen LogP contribution in [0.15, 0.2) is 42.0 Å². The number of hydrogen-bond acceptors (Lipinski definition) is 3. The van der Waals surface area contributed by atoms with Crippen molar-refractivity contribution in [3.05, 3.63) is 47.6 Å². The molecule has 0 N–H and O–H groups in total. The van der Waals surface area contributed by atoms with Crippen LogP contribution in [0.4, 0.5) is 0 Å². The van der Waals surface area contributed by atoms with E-state index in [1.165, 1.54) is 22.5 Å². The van der Waals surface area contributed by atoms with Crippen molar-refractivity contribution in [2.24, 2.45) is 11.3 Å². The van der Waals surface area contributed by atoms with E-state index in [0.29, 0.717) is 11.3 Å². The first-order valence-corrected chi connectivity index (χ1v) is 7.80. The molecule has 1 unspecified atom stereocenters. The van der Waals surface area contributed by atoms with Gasteiger partial charge >= 0.3 is 0 Å². The van der Waals surface area contributed by atoms with Gasteiger partial charge in [-0.25, -0.2) is 4.98 Å². The molecular weight excluding hydrogens is 266 g/mol. The fourth-order valence-electron chi connectivity index (χ4n) is 2.54. The highest BCUT2D eigenvalue weighted by molar-refractivity contribution is 7.11. The van der Waals surface area contributed by atoms with Gasteiger partial charge in [0.05, 0.1) is 11.7 Å². The van der Waals surface area contributed by atoms with Crippen molar-refractivity contribution in [3.8, 4) is 10.8 Å². The number of aromatic nitrogens is 1. The summed E-state index contributed by atoms with van der Waals surface area (Å²) in [5, 5.41) is 0.826. The first-order chi connectivity index (χ1) is 9.54. The van der Waals surface area contributed by atoms with Gasteiger partial charge in [-0.1, -0.05) is 50.3 Å². The molecule has 1 aliphatic rings. The molecule has 0 saturated heterocycles. The Hall–Kier alpha value is -1.61. The second kappa shape index (κ2) is 5.06. The van der Waals surface area contributed by atoms with Crippen LogP contribution in [-0.4, -0.2) is 4.98 Å². The molecule has 0 saturated carbocycles. The third-order valence-electron chi connectivity index (χ3n) is 4.18. The SMILES string of the molecule is CC1C=C(c2ccc(Oc3cncs3)cc2)CC1(C)C. The summed E-state index contributed by atoms with van der Waals surface area (Å²) in [5.74, 6) is 1.49. The predicted molar refractivity (Wildman–Crippen MR) is 84.2 cm³/mol. The van der Waals surface area contributed by atoms with Crippen molar-refractivity contribution < 1.29 is 4.74 Å². The van der Waals surface area contributed by atoms with Crippen LogP contribution in [0.1, 0.15) is 32.8 Å². The molecule has 20 heavy (non-hydrogen) atoms. The predicted octanol–water partition coefficient (Wildman–Crippen LogP) is 5.38. The second-order valence-corrected chi connectivity index (χ2v) is 6.94. The van der Waals surface area contributed by atoms with Crippen LogP contribution < -0.4 is 4.74 Å². The first kappa shape index (κ1) is 13.4. The van der Waals surface area contributed by atoms with Gasteiger partial charge in [0.2, 0.25) is 5.06 Å². The lowest BCUT2D eigenvalue weighted by Gasteiger charge is -2.23. The van der Waals surface area contributed by atoms with Gasteiger partial charge in [0.15, 0.2) is 0 Å². The lowest BCUT2D eigenvalue weighted by Crippen LogP contribution is -2.14. The average Bonchev–Trinajstić information content (AvgIpc) is 3.00. The van der Waals surface area contributed by atoms with Crippen LogP contribution in [0.5, 0.6) is 10.8 Å². The van der Waals surface area contributed by atoms with Crippen LogP contribution in [0.25, 0.3) is 5.57 Å². The molecule has 1 aliphatic carbocycles. The summed E-state index contributed by atoms with van der Waals surface area (Å²) < 4.78 is 5.73. The van der Waals surface area contributed by atoms with Gasteiger partial charge < -0.3 is 4.74 Å². The van der Waals surface area contributed by atoms with Gasteiger partial charge in [-0.3, -0.25) is 0 Å². The number of hydrogen-bond donors (Lipinski definition) is 0. The largest absolute Gasteiger partial charge is 0.445 e. The number of rotatable bonds is 3. The molecule has 1 aromatic heterocycles. The summed E-state index contributed by atoms with van der Waals surface area (Å²) in [4.78, 5) is 4.01. The summed E-state index contributed by atoms with van der Waals surface area (Å²) >= 11 is 1.50. The smallest absolute Gasteiger partial charge is 0.200 e. The summed E-state index contributed by atoms with van der Waals surface area (Å²) in [7, 11) is 0. The van der Waals surface area contributed by atoms with E-state index < -0.39 is 0 Å². The number of thiazole rings is 1. The van der Waals surface area contributed by atoms with Gasteiger partial charge in [-0.05, 0) is 41.0 Å². The van der Waals surface area contributed by atoms with Gasteiger partial charge in [-0.15, -0.1) is 0 Å². The minimum absolute atomic E-state index is 0.368. The maximum atomic E-state index is 5.73. The highest BCUT2D eigenvalue weighted by atomic mass is 32.1. The van der Waals surface area contributed by atoms with E-state index in [9.17, 15) is 0 Å².